The van der Waals surface area contributed by atoms with Crippen LogP contribution in [0.1, 0.15) is 16.7 Å². The van der Waals surface area contributed by atoms with Gasteiger partial charge < -0.3 is 19.7 Å². The normalized spacial score (nSPS) is 9.92. The number of para-hydroxylation sites is 2. The summed E-state index contributed by atoms with van der Waals surface area (Å²) < 4.78 is 54.5. The van der Waals surface area contributed by atoms with Gasteiger partial charge in [0.1, 0.15) is 11.9 Å². The molecule has 10 nitrogen and oxygen atoms in total. The molecule has 2 N–H and O–H groups in total. The maximum atomic E-state index is 9.53. The minimum atomic E-state index is -3.92. The van der Waals surface area contributed by atoms with Gasteiger partial charge in [0, 0.05) is 23.9 Å². The Balaban J connectivity index is 0. The van der Waals surface area contributed by atoms with Gasteiger partial charge in [-0.25, -0.2) is 21.8 Å². The molecule has 0 saturated heterocycles. The Morgan fingerprint density at radius 3 is 1.39 bits per heavy atom. The number of nitrogens with one attached hydrogen (secondary N) is 2. The third kappa shape index (κ3) is 16.3. The van der Waals surface area contributed by atoms with Gasteiger partial charge in [-0.2, -0.15) is 5.26 Å². The third-order valence-electron chi connectivity index (χ3n) is 3.94. The van der Waals surface area contributed by atoms with E-state index in [4.69, 9.17) is 25.9 Å². The molecule has 1 aromatic heterocycles. The Kier molecular flexibility index (Phi) is 17.4. The van der Waals surface area contributed by atoms with Crippen molar-refractivity contribution in [2.75, 3.05) is 23.1 Å². The van der Waals surface area contributed by atoms with Crippen LogP contribution in [0.25, 0.3) is 0 Å². The van der Waals surface area contributed by atoms with Gasteiger partial charge in [-0.3, -0.25) is 0 Å². The van der Waals surface area contributed by atoms with Crippen LogP contribution in [0.4, 0.5) is 23.0 Å². The number of pyridine rings is 1. The molecule has 3 rings (SSSR count). The molecule has 0 bridgehead atoms. The van der Waals surface area contributed by atoms with Gasteiger partial charge in [-0.15, -0.1) is 0 Å². The summed E-state index contributed by atoms with van der Waals surface area (Å²) in [5.41, 5.74) is 4.31. The van der Waals surface area contributed by atoms with Crippen LogP contribution in [-0.2, 0) is 20.2 Å². The van der Waals surface area contributed by atoms with Crippen LogP contribution in [0.3, 0.4) is 0 Å². The maximum absolute atomic E-state index is 9.53. The molecule has 182 valence electrons. The van der Waals surface area contributed by atoms with Gasteiger partial charge in [-0.05, 0) is 49.2 Å². The van der Waals surface area contributed by atoms with Crippen molar-refractivity contribution in [1.82, 2.24) is 4.98 Å². The second kappa shape index (κ2) is 17.1. The van der Waals surface area contributed by atoms with Crippen molar-refractivity contribution < 1.29 is 85.1 Å². The molecule has 1 heterocycles. The minimum absolute atomic E-state index is 0. The molecule has 0 radical (unpaired) electrons. The Morgan fingerprint density at radius 2 is 1.06 bits per heavy atom. The Morgan fingerprint density at radius 1 is 0.722 bits per heavy atom. The number of hydrogen-bond donors (Lipinski definition) is 2. The molecule has 0 aliphatic rings. The molecule has 0 saturated carbocycles. The van der Waals surface area contributed by atoms with E-state index in [9.17, 15) is 5.26 Å². The van der Waals surface area contributed by atoms with Crippen molar-refractivity contribution in [2.24, 2.45) is 0 Å². The molecule has 36 heavy (non-hydrogen) atoms. The van der Waals surface area contributed by atoms with Crippen molar-refractivity contribution in [3.05, 3.63) is 77.4 Å². The van der Waals surface area contributed by atoms with Gasteiger partial charge in [0.05, 0.1) is 25.8 Å². The fourth-order valence-electron chi connectivity index (χ4n) is 2.46. The van der Waals surface area contributed by atoms with Crippen molar-refractivity contribution >= 4 is 43.2 Å². The zero-order valence-electron chi connectivity index (χ0n) is 20.9. The Labute approximate surface area is 256 Å². The van der Waals surface area contributed by atoms with E-state index in [1.165, 1.54) is 0 Å². The van der Waals surface area contributed by atoms with Crippen LogP contribution in [0, 0.1) is 25.2 Å². The summed E-state index contributed by atoms with van der Waals surface area (Å²) in [5.74, 6) is 1.31. The molecule has 0 amide bonds. The van der Waals surface area contributed by atoms with E-state index in [0.29, 0.717) is 23.9 Å². The molecule has 14 heteroatoms. The van der Waals surface area contributed by atoms with E-state index < -0.39 is 20.2 Å². The Bertz CT molecular complexity index is 1300. The summed E-state index contributed by atoms with van der Waals surface area (Å²) in [4.78, 5) is 4.65. The van der Waals surface area contributed by atoms with Crippen LogP contribution in [0.15, 0.2) is 60.7 Å². The first-order chi connectivity index (χ1) is 15.7. The average molecular weight is 551 g/mol. The maximum Gasteiger partial charge on any atom is 1.00 e. The monoisotopic (exact) mass is 550 g/mol. The number of rotatable bonds is 4. The molecular weight excluding hydrogens is 526 g/mol. The van der Waals surface area contributed by atoms with Crippen LogP contribution in [0.2, 0.25) is 0 Å². The number of nitrogens with zero attached hydrogens (tertiary/aromatic N) is 2. The summed E-state index contributed by atoms with van der Waals surface area (Å²) in [6, 6.07) is 21.9. The second-order valence-corrected chi connectivity index (χ2v) is 9.75. The smallest absolute Gasteiger partial charge is 0.748 e. The average Bonchev–Trinajstić information content (AvgIpc) is 2.71. The number of nitriles is 1. The summed E-state index contributed by atoms with van der Waals surface area (Å²) in [7, 11) is -7.83. The number of hydrogen-bond acceptors (Lipinski definition) is 10. The van der Waals surface area contributed by atoms with Crippen molar-refractivity contribution in [3.8, 4) is 6.07 Å². The fourth-order valence-corrected chi connectivity index (χ4v) is 2.46. The van der Waals surface area contributed by atoms with Crippen molar-refractivity contribution in [1.29, 1.82) is 5.26 Å². The van der Waals surface area contributed by atoms with Gasteiger partial charge in [0.2, 0.25) is 0 Å². The Hall–Kier alpha value is -1.50. The first-order valence-electron chi connectivity index (χ1n) is 9.56. The molecule has 0 spiro atoms. The summed E-state index contributed by atoms with van der Waals surface area (Å²) in [5, 5.41) is 16.1. The SMILES string of the molecule is CS(=O)(=O)[O-].CS(=O)(=O)[O-].Cc1c(Nc2ccccc2)nc(Nc2ccccc2)c(C#N)c1C.[Na+].[Na+]. The van der Waals surface area contributed by atoms with Gasteiger partial charge in [0.25, 0.3) is 0 Å². The standard InChI is InChI=1S/C20H18N4.2CH4O3S.2Na/c1-14-15(2)19(22-16-9-5-3-6-10-16)24-20(18(14)13-21)23-17-11-7-4-8-12-17;2*1-5(2,3)4;;/h3-12H,1-2H3,(H2,22,23,24);2*1H3,(H,2,3,4);;/q;;;2*+1/p-2. The quantitative estimate of drug-likeness (QED) is 0.259. The molecule has 0 atom stereocenters. The van der Waals surface area contributed by atoms with E-state index in [0.717, 1.165) is 28.3 Å². The largest absolute Gasteiger partial charge is 1.00 e. The molecule has 0 fully saturated rings. The van der Waals surface area contributed by atoms with E-state index >= 15 is 0 Å². The van der Waals surface area contributed by atoms with Crippen LogP contribution < -0.4 is 69.7 Å². The summed E-state index contributed by atoms with van der Waals surface area (Å²) in [6.45, 7) is 3.92. The van der Waals surface area contributed by atoms with Crippen molar-refractivity contribution in [3.63, 3.8) is 0 Å². The predicted molar refractivity (Wildman–Crippen MR) is 129 cm³/mol. The molecule has 0 aliphatic heterocycles. The number of aromatic nitrogens is 1. The molecule has 2 aromatic carbocycles. The predicted octanol–water partition coefficient (Wildman–Crippen LogP) is -2.61. The van der Waals surface area contributed by atoms with Gasteiger partial charge in [-0.1, -0.05) is 36.4 Å². The van der Waals surface area contributed by atoms with Crippen LogP contribution >= 0.6 is 0 Å². The number of anilines is 4. The van der Waals surface area contributed by atoms with Gasteiger partial charge >= 0.3 is 59.1 Å². The van der Waals surface area contributed by atoms with E-state index in [2.05, 4.69) is 21.7 Å². The molecule has 3 aromatic rings. The minimum Gasteiger partial charge on any atom is -0.748 e. The zero-order chi connectivity index (χ0) is 25.9. The first kappa shape index (κ1) is 36.7. The van der Waals surface area contributed by atoms with Gasteiger partial charge in [0.15, 0.2) is 5.82 Å². The third-order valence-corrected chi connectivity index (χ3v) is 3.94. The fraction of sp³-hybridized carbons (Fsp3) is 0.182. The van der Waals surface area contributed by atoms with E-state index in [-0.39, 0.29) is 59.1 Å². The first-order valence-corrected chi connectivity index (χ1v) is 13.2. The zero-order valence-corrected chi connectivity index (χ0v) is 26.6. The van der Waals surface area contributed by atoms with E-state index in [1.54, 1.807) is 0 Å². The topological polar surface area (TPSA) is 175 Å². The second-order valence-electron chi connectivity index (χ2n) is 6.94. The molecular formula is C22H24N4Na2O6S2. The number of benzene rings is 2. The van der Waals surface area contributed by atoms with Crippen LogP contribution in [-0.4, -0.2) is 43.4 Å². The molecule has 0 aliphatic carbocycles. The molecule has 0 unspecified atom stereocenters. The summed E-state index contributed by atoms with van der Waals surface area (Å²) in [6.07, 6.45) is 1.21. The van der Waals surface area contributed by atoms with Crippen LogP contribution in [0.5, 0.6) is 0 Å². The van der Waals surface area contributed by atoms with Crippen molar-refractivity contribution in [2.45, 2.75) is 13.8 Å². The summed E-state index contributed by atoms with van der Waals surface area (Å²) >= 11 is 0. The van der Waals surface area contributed by atoms with E-state index in [1.807, 2.05) is 74.5 Å².